The second-order valence-electron chi connectivity index (χ2n) is 4.24. The molecule has 2 aliphatic rings. The average Bonchev–Trinajstić information content (AvgIpc) is 2.74. The number of fused-ring (bicyclic) bond motifs is 2. The van der Waals surface area contributed by atoms with Crippen LogP contribution in [0, 0.1) is 0 Å². The predicted octanol–water partition coefficient (Wildman–Crippen LogP) is 0.601. The summed E-state index contributed by atoms with van der Waals surface area (Å²) >= 11 is 0. The van der Waals surface area contributed by atoms with Crippen molar-refractivity contribution in [1.82, 2.24) is 0 Å². The summed E-state index contributed by atoms with van der Waals surface area (Å²) < 4.78 is 16.7. The van der Waals surface area contributed by atoms with Gasteiger partial charge in [-0.3, -0.25) is 4.79 Å². The summed E-state index contributed by atoms with van der Waals surface area (Å²) in [6.07, 6.45) is 2.69. The van der Waals surface area contributed by atoms with Crippen LogP contribution in [0.3, 0.4) is 0 Å². The van der Waals surface area contributed by atoms with Crippen LogP contribution in [0.15, 0.2) is 42.5 Å². The molecule has 1 saturated heterocycles. The van der Waals surface area contributed by atoms with Crippen LogP contribution in [0.25, 0.3) is 0 Å². The summed E-state index contributed by atoms with van der Waals surface area (Å²) in [6.45, 7) is 0.314. The maximum Gasteiger partial charge on any atom is 0.292 e. The maximum absolute atomic E-state index is 11.6. The number of amides is 1. The molecule has 3 atom stereocenters. The summed E-state index contributed by atoms with van der Waals surface area (Å²) in [6, 6.07) is 9.16. The molecule has 1 aromatic rings. The van der Waals surface area contributed by atoms with Gasteiger partial charge in [0.25, 0.3) is 11.7 Å². The van der Waals surface area contributed by atoms with Gasteiger partial charge in [-0.1, -0.05) is 24.3 Å². The van der Waals surface area contributed by atoms with Gasteiger partial charge >= 0.3 is 0 Å². The van der Waals surface area contributed by atoms with Crippen LogP contribution in [0.1, 0.15) is 0 Å². The summed E-state index contributed by atoms with van der Waals surface area (Å²) in [5.41, 5.74) is 5.38. The van der Waals surface area contributed by atoms with E-state index in [-0.39, 0.29) is 6.10 Å². The quantitative estimate of drug-likeness (QED) is 0.794. The lowest BCUT2D eigenvalue weighted by molar-refractivity contribution is -0.208. The summed E-state index contributed by atoms with van der Waals surface area (Å²) in [7, 11) is 0. The molecule has 0 aliphatic carbocycles. The fraction of sp³-hybridized carbons (Fsp3) is 0.308. The average molecular weight is 247 g/mol. The number of carbonyl (C=O) groups excluding carboxylic acids is 1. The first-order valence-electron chi connectivity index (χ1n) is 5.72. The normalized spacial score (nSPS) is 33.3. The van der Waals surface area contributed by atoms with Crippen LogP contribution in [0.5, 0.6) is 5.75 Å². The van der Waals surface area contributed by atoms with E-state index in [1.165, 1.54) is 0 Å². The molecule has 0 spiro atoms. The third-order valence-corrected chi connectivity index (χ3v) is 3.01. The van der Waals surface area contributed by atoms with Crippen molar-refractivity contribution in [3.05, 3.63) is 42.5 Å². The molecule has 1 aromatic carbocycles. The first-order valence-corrected chi connectivity index (χ1v) is 5.72. The van der Waals surface area contributed by atoms with E-state index in [2.05, 4.69) is 0 Å². The van der Waals surface area contributed by atoms with E-state index in [1.807, 2.05) is 24.3 Å². The third-order valence-electron chi connectivity index (χ3n) is 3.01. The highest BCUT2D eigenvalue weighted by Gasteiger charge is 2.55. The van der Waals surface area contributed by atoms with Crippen LogP contribution >= 0.6 is 0 Å². The molecule has 0 aromatic heterocycles. The maximum atomic E-state index is 11.6. The topological polar surface area (TPSA) is 70.8 Å². The highest BCUT2D eigenvalue weighted by molar-refractivity contribution is 5.83. The number of primary amides is 1. The van der Waals surface area contributed by atoms with Gasteiger partial charge in [-0.15, -0.1) is 0 Å². The Morgan fingerprint density at radius 2 is 2.11 bits per heavy atom. The monoisotopic (exact) mass is 247 g/mol. The van der Waals surface area contributed by atoms with Crippen LogP contribution < -0.4 is 10.5 Å². The first kappa shape index (κ1) is 11.3. The van der Waals surface area contributed by atoms with Crippen molar-refractivity contribution in [2.24, 2.45) is 5.73 Å². The van der Waals surface area contributed by atoms with Gasteiger partial charge in [0.15, 0.2) is 6.10 Å². The van der Waals surface area contributed by atoms with E-state index in [9.17, 15) is 4.79 Å². The minimum Gasteiger partial charge on any atom is -0.480 e. The number of rotatable bonds is 3. The van der Waals surface area contributed by atoms with E-state index >= 15 is 0 Å². The highest BCUT2D eigenvalue weighted by atomic mass is 16.8. The van der Waals surface area contributed by atoms with Crippen LogP contribution in [0.2, 0.25) is 0 Å². The molecule has 5 nitrogen and oxygen atoms in total. The Hall–Kier alpha value is -1.85. The van der Waals surface area contributed by atoms with Gasteiger partial charge in [0, 0.05) is 0 Å². The second kappa shape index (κ2) is 4.12. The fourth-order valence-corrected chi connectivity index (χ4v) is 2.13. The Balaban J connectivity index is 1.88. The van der Waals surface area contributed by atoms with Crippen LogP contribution in [0.4, 0.5) is 0 Å². The van der Waals surface area contributed by atoms with Crippen molar-refractivity contribution in [2.75, 3.05) is 6.61 Å². The van der Waals surface area contributed by atoms with Crippen molar-refractivity contribution in [2.45, 2.75) is 18.0 Å². The number of ether oxygens (including phenoxy) is 3. The number of hydrogen-bond donors (Lipinski definition) is 1. The number of benzene rings is 1. The summed E-state index contributed by atoms with van der Waals surface area (Å²) in [5, 5.41) is 0. The van der Waals surface area contributed by atoms with Crippen molar-refractivity contribution in [3.8, 4) is 5.75 Å². The molecule has 0 radical (unpaired) electrons. The zero-order chi connectivity index (χ0) is 12.6. The number of nitrogens with two attached hydrogens (primary N) is 1. The molecule has 5 heteroatoms. The van der Waals surface area contributed by atoms with Crippen molar-refractivity contribution in [1.29, 1.82) is 0 Å². The van der Waals surface area contributed by atoms with Crippen LogP contribution in [-0.4, -0.2) is 30.5 Å². The van der Waals surface area contributed by atoms with Crippen molar-refractivity contribution in [3.63, 3.8) is 0 Å². The standard InChI is InChI=1S/C13H13NO4/c14-12(15)13-11(7-6-10(18-13)8-16-13)17-9-4-2-1-3-5-9/h1-7,10-11H,8H2,(H2,14,15)/t10-,11-,13-/m0/s1. The lowest BCUT2D eigenvalue weighted by atomic mass is 10.1. The molecule has 18 heavy (non-hydrogen) atoms. The van der Waals surface area contributed by atoms with Crippen molar-refractivity contribution < 1.29 is 19.0 Å². The highest BCUT2D eigenvalue weighted by Crippen LogP contribution is 2.34. The van der Waals surface area contributed by atoms with Gasteiger partial charge in [-0.05, 0) is 18.2 Å². The number of hydrogen-bond acceptors (Lipinski definition) is 4. The lowest BCUT2D eigenvalue weighted by Gasteiger charge is -2.33. The van der Waals surface area contributed by atoms with Gasteiger partial charge in [0.05, 0.1) is 6.61 Å². The van der Waals surface area contributed by atoms with E-state index < -0.39 is 17.8 Å². The minimum absolute atomic E-state index is 0.229. The van der Waals surface area contributed by atoms with Gasteiger partial charge in [-0.25, -0.2) is 0 Å². The summed E-state index contributed by atoms with van der Waals surface area (Å²) in [4.78, 5) is 11.6. The molecule has 1 amide bonds. The minimum atomic E-state index is -1.50. The Labute approximate surface area is 104 Å². The van der Waals surface area contributed by atoms with Crippen LogP contribution in [-0.2, 0) is 14.3 Å². The molecule has 2 aliphatic heterocycles. The fourth-order valence-electron chi connectivity index (χ4n) is 2.13. The number of carbonyl (C=O) groups is 1. The van der Waals surface area contributed by atoms with E-state index in [4.69, 9.17) is 19.9 Å². The molecule has 0 saturated carbocycles. The Morgan fingerprint density at radius 1 is 1.33 bits per heavy atom. The zero-order valence-electron chi connectivity index (χ0n) is 9.61. The second-order valence-corrected chi connectivity index (χ2v) is 4.24. The van der Waals surface area contributed by atoms with E-state index in [1.54, 1.807) is 18.2 Å². The third kappa shape index (κ3) is 1.68. The first-order chi connectivity index (χ1) is 8.71. The molecule has 94 valence electrons. The van der Waals surface area contributed by atoms with Gasteiger partial charge in [0.1, 0.15) is 11.9 Å². The zero-order valence-corrected chi connectivity index (χ0v) is 9.61. The van der Waals surface area contributed by atoms with Gasteiger partial charge in [-0.2, -0.15) is 0 Å². The Morgan fingerprint density at radius 3 is 2.83 bits per heavy atom. The molecule has 0 unspecified atom stereocenters. The molecule has 1 fully saturated rings. The molecular formula is C13H13NO4. The summed E-state index contributed by atoms with van der Waals surface area (Å²) in [5.74, 6) is -1.55. The largest absolute Gasteiger partial charge is 0.480 e. The van der Waals surface area contributed by atoms with Crippen molar-refractivity contribution >= 4 is 5.91 Å². The lowest BCUT2D eigenvalue weighted by Crippen LogP contribution is -2.57. The molecular weight excluding hydrogens is 234 g/mol. The smallest absolute Gasteiger partial charge is 0.292 e. The van der Waals surface area contributed by atoms with E-state index in [0.29, 0.717) is 12.4 Å². The van der Waals surface area contributed by atoms with Gasteiger partial charge < -0.3 is 19.9 Å². The predicted molar refractivity (Wildman–Crippen MR) is 62.7 cm³/mol. The SMILES string of the molecule is NC(=O)[C@]12OC[C@H](C=C[C@@H]1Oc1ccccc1)O2. The molecule has 2 heterocycles. The molecule has 3 rings (SSSR count). The Bertz CT molecular complexity index is 487. The van der Waals surface area contributed by atoms with Gasteiger partial charge in [0.2, 0.25) is 0 Å². The number of para-hydroxylation sites is 1. The molecule has 2 N–H and O–H groups in total. The van der Waals surface area contributed by atoms with E-state index in [0.717, 1.165) is 0 Å². The molecule has 2 bridgehead atoms. The Kier molecular flexibility index (Phi) is 2.57.